The summed E-state index contributed by atoms with van der Waals surface area (Å²) in [7, 11) is 1.65. The number of aromatic nitrogens is 3. The number of carboxylic acids is 1. The van der Waals surface area contributed by atoms with Crippen molar-refractivity contribution in [3.8, 4) is 0 Å². The molecule has 1 aliphatic rings. The standard InChI is InChI=1S/C19H26N6O.C2HF3O2/c1-13(2)12-23-17-15(18(26)20-3)11-14-5-9-25(10-6-16(14)24-17)19-21-7-4-8-22-19;3-2(4,5)1(6)7/h4,7-8,11,13H,5-6,9-10,12H2,1-3H3,(H,20,26)(H,23,24);(H,6,7). The van der Waals surface area contributed by atoms with Crippen molar-refractivity contribution in [2.24, 2.45) is 5.92 Å². The van der Waals surface area contributed by atoms with Gasteiger partial charge in [0.1, 0.15) is 5.82 Å². The van der Waals surface area contributed by atoms with Crippen LogP contribution in [-0.4, -0.2) is 64.8 Å². The average Bonchev–Trinajstić information content (AvgIpc) is 2.99. The maximum Gasteiger partial charge on any atom is 0.490 e. The lowest BCUT2D eigenvalue weighted by Gasteiger charge is -2.19. The van der Waals surface area contributed by atoms with Crippen LogP contribution in [0.25, 0.3) is 0 Å². The molecule has 0 spiro atoms. The summed E-state index contributed by atoms with van der Waals surface area (Å²) in [5.74, 6) is -0.989. The van der Waals surface area contributed by atoms with E-state index in [0.717, 1.165) is 49.7 Å². The Bertz CT molecular complexity index is 954. The van der Waals surface area contributed by atoms with Gasteiger partial charge < -0.3 is 20.6 Å². The largest absolute Gasteiger partial charge is 0.490 e. The number of halogens is 3. The number of nitrogens with one attached hydrogen (secondary N) is 2. The van der Waals surface area contributed by atoms with Crippen LogP contribution in [0.1, 0.15) is 35.5 Å². The van der Waals surface area contributed by atoms with Crippen LogP contribution < -0.4 is 15.5 Å². The van der Waals surface area contributed by atoms with E-state index in [9.17, 15) is 18.0 Å². The van der Waals surface area contributed by atoms with Crippen LogP contribution in [0, 0.1) is 5.92 Å². The van der Waals surface area contributed by atoms with Gasteiger partial charge in [-0.15, -0.1) is 0 Å². The molecule has 0 atom stereocenters. The molecule has 0 saturated carbocycles. The molecule has 0 bridgehead atoms. The Kier molecular flexibility index (Phi) is 8.94. The zero-order valence-electron chi connectivity index (χ0n) is 18.6. The van der Waals surface area contributed by atoms with E-state index in [4.69, 9.17) is 14.9 Å². The zero-order valence-corrected chi connectivity index (χ0v) is 18.6. The number of hydrogen-bond acceptors (Lipinski definition) is 7. The van der Waals surface area contributed by atoms with Gasteiger partial charge in [-0.2, -0.15) is 13.2 Å². The summed E-state index contributed by atoms with van der Waals surface area (Å²) in [6, 6.07) is 3.80. The van der Waals surface area contributed by atoms with E-state index in [1.807, 2.05) is 12.1 Å². The molecule has 0 saturated heterocycles. The first kappa shape index (κ1) is 25.8. The second-order valence-electron chi connectivity index (χ2n) is 7.68. The number of carbonyl (C=O) groups is 2. The molecule has 33 heavy (non-hydrogen) atoms. The van der Waals surface area contributed by atoms with Gasteiger partial charge in [-0.05, 0) is 30.0 Å². The number of fused-ring (bicyclic) bond motifs is 1. The smallest absolute Gasteiger partial charge is 0.475 e. The molecule has 3 N–H and O–H groups in total. The Labute approximate surface area is 189 Å². The number of hydrogen-bond donors (Lipinski definition) is 3. The number of carbonyl (C=O) groups excluding carboxylic acids is 1. The monoisotopic (exact) mass is 468 g/mol. The summed E-state index contributed by atoms with van der Waals surface area (Å²) in [5.41, 5.74) is 2.77. The predicted octanol–water partition coefficient (Wildman–Crippen LogP) is 2.54. The van der Waals surface area contributed by atoms with E-state index in [1.165, 1.54) is 0 Å². The minimum absolute atomic E-state index is 0.112. The molecule has 0 aliphatic carbocycles. The topological polar surface area (TPSA) is 120 Å². The van der Waals surface area contributed by atoms with Crippen molar-refractivity contribution in [1.82, 2.24) is 20.3 Å². The Balaban J connectivity index is 0.000000479. The van der Waals surface area contributed by atoms with E-state index in [1.54, 1.807) is 19.4 Å². The molecular formula is C21H27F3N6O3. The number of nitrogens with zero attached hydrogens (tertiary/aromatic N) is 4. The fourth-order valence-corrected chi connectivity index (χ4v) is 3.03. The van der Waals surface area contributed by atoms with Crippen LogP contribution in [0.15, 0.2) is 24.5 Å². The lowest BCUT2D eigenvalue weighted by Crippen LogP contribution is -2.27. The number of alkyl halides is 3. The Morgan fingerprint density at radius 2 is 1.79 bits per heavy atom. The first-order chi connectivity index (χ1) is 15.5. The number of pyridine rings is 1. The summed E-state index contributed by atoms with van der Waals surface area (Å²) in [5, 5.41) is 13.2. The van der Waals surface area contributed by atoms with Gasteiger partial charge in [0.05, 0.1) is 5.56 Å². The molecule has 0 unspecified atom stereocenters. The van der Waals surface area contributed by atoms with Gasteiger partial charge in [-0.3, -0.25) is 4.79 Å². The highest BCUT2D eigenvalue weighted by Gasteiger charge is 2.38. The summed E-state index contributed by atoms with van der Waals surface area (Å²) in [6.45, 7) is 6.67. The number of aliphatic carboxylic acids is 1. The molecule has 1 amide bonds. The lowest BCUT2D eigenvalue weighted by molar-refractivity contribution is -0.192. The molecule has 9 nitrogen and oxygen atoms in total. The maximum atomic E-state index is 12.3. The second kappa shape index (κ2) is 11.4. The van der Waals surface area contributed by atoms with E-state index in [2.05, 4.69) is 39.3 Å². The number of carboxylic acid groups (broad SMARTS) is 1. The molecule has 0 radical (unpaired) electrons. The molecule has 1 aliphatic heterocycles. The highest BCUT2D eigenvalue weighted by molar-refractivity contribution is 5.98. The van der Waals surface area contributed by atoms with Gasteiger partial charge in [0.15, 0.2) is 0 Å². The maximum absolute atomic E-state index is 12.3. The van der Waals surface area contributed by atoms with Gasteiger partial charge in [0, 0.05) is 51.2 Å². The van der Waals surface area contributed by atoms with Gasteiger partial charge in [-0.25, -0.2) is 19.7 Å². The third kappa shape index (κ3) is 7.58. The zero-order chi connectivity index (χ0) is 24.6. The fourth-order valence-electron chi connectivity index (χ4n) is 3.03. The van der Waals surface area contributed by atoms with E-state index < -0.39 is 12.1 Å². The number of rotatable bonds is 5. The van der Waals surface area contributed by atoms with Gasteiger partial charge in [0.2, 0.25) is 5.95 Å². The van der Waals surface area contributed by atoms with E-state index >= 15 is 0 Å². The molecular weight excluding hydrogens is 441 g/mol. The Morgan fingerprint density at radius 3 is 2.33 bits per heavy atom. The highest BCUT2D eigenvalue weighted by atomic mass is 19.4. The first-order valence-electron chi connectivity index (χ1n) is 10.3. The number of amides is 1. The van der Waals surface area contributed by atoms with Gasteiger partial charge in [-0.1, -0.05) is 13.8 Å². The third-order valence-corrected chi connectivity index (χ3v) is 4.69. The van der Waals surface area contributed by atoms with Gasteiger partial charge in [0.25, 0.3) is 5.91 Å². The van der Waals surface area contributed by atoms with Crippen molar-refractivity contribution in [3.63, 3.8) is 0 Å². The second-order valence-corrected chi connectivity index (χ2v) is 7.68. The van der Waals surface area contributed by atoms with Crippen molar-refractivity contribution in [2.45, 2.75) is 32.9 Å². The van der Waals surface area contributed by atoms with Crippen LogP contribution in [0.4, 0.5) is 24.9 Å². The normalized spacial score (nSPS) is 13.4. The molecule has 0 aromatic carbocycles. The van der Waals surface area contributed by atoms with Crippen molar-refractivity contribution < 1.29 is 27.9 Å². The quantitative estimate of drug-likeness (QED) is 0.612. The van der Waals surface area contributed by atoms with Crippen molar-refractivity contribution in [3.05, 3.63) is 41.3 Å². The number of anilines is 2. The highest BCUT2D eigenvalue weighted by Crippen LogP contribution is 2.23. The lowest BCUT2D eigenvalue weighted by atomic mass is 10.0. The molecule has 12 heteroatoms. The van der Waals surface area contributed by atoms with Crippen LogP contribution in [0.5, 0.6) is 0 Å². The molecule has 2 aromatic heterocycles. The minimum atomic E-state index is -5.08. The van der Waals surface area contributed by atoms with Gasteiger partial charge >= 0.3 is 12.1 Å². The Hall–Kier alpha value is -3.44. The fraction of sp³-hybridized carbons (Fsp3) is 0.476. The van der Waals surface area contributed by atoms with Crippen molar-refractivity contribution in [2.75, 3.05) is 36.9 Å². The van der Waals surface area contributed by atoms with E-state index in [-0.39, 0.29) is 5.91 Å². The van der Waals surface area contributed by atoms with Crippen LogP contribution in [0.3, 0.4) is 0 Å². The van der Waals surface area contributed by atoms with E-state index in [0.29, 0.717) is 17.3 Å². The summed E-state index contributed by atoms with van der Waals surface area (Å²) in [4.78, 5) is 36.9. The SMILES string of the molecule is CNC(=O)c1cc2c(nc1NCC(C)C)CCN(c1ncccn1)CC2.O=C(O)C(F)(F)F. The van der Waals surface area contributed by atoms with Crippen LogP contribution >= 0.6 is 0 Å². The molecule has 3 rings (SSSR count). The molecule has 2 aromatic rings. The Morgan fingerprint density at radius 1 is 1.18 bits per heavy atom. The van der Waals surface area contributed by atoms with Crippen molar-refractivity contribution >= 4 is 23.6 Å². The van der Waals surface area contributed by atoms with Crippen molar-refractivity contribution in [1.29, 1.82) is 0 Å². The summed E-state index contributed by atoms with van der Waals surface area (Å²) in [6.07, 6.45) is 0.0551. The molecule has 0 fully saturated rings. The molecule has 3 heterocycles. The third-order valence-electron chi connectivity index (χ3n) is 4.69. The summed E-state index contributed by atoms with van der Waals surface area (Å²) >= 11 is 0. The average molecular weight is 468 g/mol. The first-order valence-corrected chi connectivity index (χ1v) is 10.3. The predicted molar refractivity (Wildman–Crippen MR) is 116 cm³/mol. The molecule has 180 valence electrons. The summed E-state index contributed by atoms with van der Waals surface area (Å²) < 4.78 is 31.7. The minimum Gasteiger partial charge on any atom is -0.475 e. The van der Waals surface area contributed by atoms with Crippen LogP contribution in [-0.2, 0) is 17.6 Å². The van der Waals surface area contributed by atoms with Crippen LogP contribution in [0.2, 0.25) is 0 Å².